The van der Waals surface area contributed by atoms with E-state index in [9.17, 15) is 4.79 Å². The zero-order valence-electron chi connectivity index (χ0n) is 11.8. The van der Waals surface area contributed by atoms with Crippen LogP contribution in [0.2, 0.25) is 0 Å². The summed E-state index contributed by atoms with van der Waals surface area (Å²) >= 11 is 3.43. The first-order chi connectivity index (χ1) is 9.65. The maximum absolute atomic E-state index is 12.4. The van der Waals surface area contributed by atoms with Crippen molar-refractivity contribution < 1.29 is 4.79 Å². The zero-order chi connectivity index (χ0) is 14.1. The Balaban J connectivity index is 1.54. The molecule has 2 aliphatic heterocycles. The number of carbonyl (C=O) groups excluding carboxylic acids is 1. The zero-order valence-corrected chi connectivity index (χ0v) is 13.3. The molecule has 1 N–H and O–H groups in total. The molecule has 2 aliphatic rings. The van der Waals surface area contributed by atoms with E-state index in [0.717, 1.165) is 43.5 Å². The van der Waals surface area contributed by atoms with Crippen LogP contribution < -0.4 is 5.32 Å². The Morgan fingerprint density at radius 1 is 1.45 bits per heavy atom. The van der Waals surface area contributed by atoms with Gasteiger partial charge in [-0.15, -0.1) is 0 Å². The summed E-state index contributed by atoms with van der Waals surface area (Å²) in [5, 5.41) is 7.60. The number of nitrogens with zero attached hydrogens (tertiary/aromatic N) is 3. The number of hydrogen-bond donors (Lipinski definition) is 1. The predicted molar refractivity (Wildman–Crippen MR) is 80.3 cm³/mol. The van der Waals surface area contributed by atoms with Gasteiger partial charge in [-0.2, -0.15) is 5.10 Å². The van der Waals surface area contributed by atoms with E-state index >= 15 is 0 Å². The van der Waals surface area contributed by atoms with Crippen molar-refractivity contribution in [2.24, 2.45) is 11.8 Å². The third kappa shape index (κ3) is 2.76. The van der Waals surface area contributed by atoms with E-state index in [1.165, 1.54) is 0 Å². The van der Waals surface area contributed by atoms with Crippen molar-refractivity contribution in [2.75, 3.05) is 26.2 Å². The van der Waals surface area contributed by atoms with Crippen LogP contribution in [0.15, 0.2) is 16.9 Å². The number of aromatic nitrogens is 2. The summed E-state index contributed by atoms with van der Waals surface area (Å²) in [6.07, 6.45) is 5.83. The Bertz CT molecular complexity index is 477. The van der Waals surface area contributed by atoms with Crippen molar-refractivity contribution >= 4 is 21.8 Å². The molecule has 0 radical (unpaired) electrons. The van der Waals surface area contributed by atoms with Crippen LogP contribution in [0.3, 0.4) is 0 Å². The van der Waals surface area contributed by atoms with E-state index in [1.807, 2.05) is 22.0 Å². The first-order valence-electron chi connectivity index (χ1n) is 7.34. The standard InChI is InChI=1S/C14H21BrN4O/c1-10(11-6-16-7-11)14(20)18-4-2-13(3-5-18)19-9-12(15)8-17-19/h8-11,13,16H,2-7H2,1H3. The summed E-state index contributed by atoms with van der Waals surface area (Å²) in [5.74, 6) is 1.02. The number of piperidine rings is 1. The monoisotopic (exact) mass is 340 g/mol. The Labute approximate surface area is 127 Å². The van der Waals surface area contributed by atoms with Crippen molar-refractivity contribution in [3.63, 3.8) is 0 Å². The van der Waals surface area contributed by atoms with Gasteiger partial charge < -0.3 is 10.2 Å². The fraction of sp³-hybridized carbons (Fsp3) is 0.714. The van der Waals surface area contributed by atoms with Gasteiger partial charge in [0.15, 0.2) is 0 Å². The van der Waals surface area contributed by atoms with Crippen LogP contribution in [0.4, 0.5) is 0 Å². The third-order valence-electron chi connectivity index (χ3n) is 4.63. The van der Waals surface area contributed by atoms with Gasteiger partial charge in [-0.25, -0.2) is 0 Å². The molecule has 5 nitrogen and oxygen atoms in total. The molecule has 3 rings (SSSR count). The molecule has 1 aromatic rings. The molecule has 20 heavy (non-hydrogen) atoms. The Hall–Kier alpha value is -0.880. The summed E-state index contributed by atoms with van der Waals surface area (Å²) in [6, 6.07) is 0.422. The fourth-order valence-corrected chi connectivity index (χ4v) is 3.32. The van der Waals surface area contributed by atoms with Crippen LogP contribution in [0.25, 0.3) is 0 Å². The number of likely N-dealkylation sites (tertiary alicyclic amines) is 1. The molecule has 2 fully saturated rings. The Kier molecular flexibility index (Phi) is 4.12. The molecule has 6 heteroatoms. The third-order valence-corrected chi connectivity index (χ3v) is 5.04. The molecule has 1 atom stereocenters. The fourth-order valence-electron chi connectivity index (χ4n) is 3.02. The van der Waals surface area contributed by atoms with Gasteiger partial charge in [-0.1, -0.05) is 6.92 Å². The van der Waals surface area contributed by atoms with Crippen molar-refractivity contribution in [3.05, 3.63) is 16.9 Å². The number of rotatable bonds is 3. The number of hydrogen-bond acceptors (Lipinski definition) is 3. The van der Waals surface area contributed by atoms with E-state index < -0.39 is 0 Å². The maximum Gasteiger partial charge on any atom is 0.225 e. The molecule has 0 saturated carbocycles. The average Bonchev–Trinajstić information content (AvgIpc) is 2.83. The lowest BCUT2D eigenvalue weighted by molar-refractivity contribution is -0.138. The summed E-state index contributed by atoms with van der Waals surface area (Å²) in [6.45, 7) is 5.76. The highest BCUT2D eigenvalue weighted by atomic mass is 79.9. The lowest BCUT2D eigenvalue weighted by Gasteiger charge is -2.38. The van der Waals surface area contributed by atoms with Crippen LogP contribution >= 0.6 is 15.9 Å². The van der Waals surface area contributed by atoms with Crippen LogP contribution in [0.1, 0.15) is 25.8 Å². The minimum atomic E-state index is 0.159. The molecule has 0 bridgehead atoms. The van der Waals surface area contributed by atoms with Gasteiger partial charge in [-0.05, 0) is 47.8 Å². The molecule has 1 amide bonds. The second-order valence-electron chi connectivity index (χ2n) is 5.90. The lowest BCUT2D eigenvalue weighted by atomic mass is 9.87. The van der Waals surface area contributed by atoms with Crippen molar-refractivity contribution in [3.8, 4) is 0 Å². The maximum atomic E-state index is 12.4. The highest BCUT2D eigenvalue weighted by molar-refractivity contribution is 9.10. The van der Waals surface area contributed by atoms with E-state index in [0.29, 0.717) is 17.9 Å². The summed E-state index contributed by atoms with van der Waals surface area (Å²) in [7, 11) is 0. The largest absolute Gasteiger partial charge is 0.342 e. The summed E-state index contributed by atoms with van der Waals surface area (Å²) in [4.78, 5) is 14.5. The quantitative estimate of drug-likeness (QED) is 0.910. The van der Waals surface area contributed by atoms with Gasteiger partial charge in [0, 0.05) is 25.2 Å². The average molecular weight is 341 g/mol. The molecule has 1 unspecified atom stereocenters. The van der Waals surface area contributed by atoms with E-state index in [1.54, 1.807) is 0 Å². The number of nitrogens with one attached hydrogen (secondary N) is 1. The molecule has 0 aliphatic carbocycles. The highest BCUT2D eigenvalue weighted by Gasteiger charge is 2.33. The smallest absolute Gasteiger partial charge is 0.225 e. The van der Waals surface area contributed by atoms with Gasteiger partial charge in [0.05, 0.1) is 16.7 Å². The molecule has 0 spiro atoms. The normalized spacial score (nSPS) is 22.6. The van der Waals surface area contributed by atoms with Crippen LogP contribution in [0.5, 0.6) is 0 Å². The summed E-state index contributed by atoms with van der Waals surface area (Å²) in [5.41, 5.74) is 0. The number of amides is 1. The SMILES string of the molecule is CC(C(=O)N1CCC(n2cc(Br)cn2)CC1)C1CNC1. The predicted octanol–water partition coefficient (Wildman–Crippen LogP) is 1.66. The van der Waals surface area contributed by atoms with Gasteiger partial charge in [0.1, 0.15) is 0 Å². The highest BCUT2D eigenvalue weighted by Crippen LogP contribution is 2.26. The topological polar surface area (TPSA) is 50.2 Å². The van der Waals surface area contributed by atoms with Crippen LogP contribution in [-0.4, -0.2) is 46.8 Å². The molecular weight excluding hydrogens is 320 g/mol. The van der Waals surface area contributed by atoms with Gasteiger partial charge in [-0.3, -0.25) is 9.48 Å². The van der Waals surface area contributed by atoms with Crippen molar-refractivity contribution in [1.82, 2.24) is 20.0 Å². The minimum absolute atomic E-state index is 0.159. The molecule has 2 saturated heterocycles. The van der Waals surface area contributed by atoms with E-state index in [-0.39, 0.29) is 5.92 Å². The lowest BCUT2D eigenvalue weighted by Crippen LogP contribution is -2.51. The first-order valence-corrected chi connectivity index (χ1v) is 8.13. The molecule has 0 aromatic carbocycles. The van der Waals surface area contributed by atoms with Gasteiger partial charge in [0.2, 0.25) is 5.91 Å². The molecule has 1 aromatic heterocycles. The molecule has 110 valence electrons. The molecule has 3 heterocycles. The number of carbonyl (C=O) groups is 1. The minimum Gasteiger partial charge on any atom is -0.342 e. The Morgan fingerprint density at radius 3 is 2.65 bits per heavy atom. The second-order valence-corrected chi connectivity index (χ2v) is 6.82. The van der Waals surface area contributed by atoms with Gasteiger partial charge in [0.25, 0.3) is 0 Å². The van der Waals surface area contributed by atoms with Crippen molar-refractivity contribution in [2.45, 2.75) is 25.8 Å². The Morgan fingerprint density at radius 2 is 2.15 bits per heavy atom. The summed E-state index contributed by atoms with van der Waals surface area (Å²) < 4.78 is 3.03. The van der Waals surface area contributed by atoms with E-state index in [2.05, 4.69) is 33.3 Å². The number of halogens is 1. The van der Waals surface area contributed by atoms with Crippen LogP contribution in [-0.2, 0) is 4.79 Å². The van der Waals surface area contributed by atoms with E-state index in [4.69, 9.17) is 0 Å². The second kappa shape index (κ2) is 5.85. The first kappa shape index (κ1) is 14.1. The van der Waals surface area contributed by atoms with Gasteiger partial charge >= 0.3 is 0 Å². The molecular formula is C14H21BrN4O. The van der Waals surface area contributed by atoms with Crippen molar-refractivity contribution in [1.29, 1.82) is 0 Å². The van der Waals surface area contributed by atoms with Crippen LogP contribution in [0, 0.1) is 11.8 Å².